The average molecular weight is 707 g/mol. The molecular weight excluding hydrogens is 657 g/mol. The topological polar surface area (TPSA) is 32.2 Å². The van der Waals surface area contributed by atoms with Gasteiger partial charge in [0.05, 0.1) is 28.1 Å². The number of hydrogen-bond acceptors (Lipinski definition) is 3. The zero-order chi connectivity index (χ0) is 37.4. The van der Waals surface area contributed by atoms with Gasteiger partial charge in [0.1, 0.15) is 0 Å². The van der Waals surface area contributed by atoms with Crippen molar-refractivity contribution in [1.82, 2.24) is 4.57 Å². The Morgan fingerprint density at radius 2 is 1.30 bits per heavy atom. The van der Waals surface area contributed by atoms with Gasteiger partial charge in [0.2, 0.25) is 0 Å². The predicted octanol–water partition coefficient (Wildman–Crippen LogP) is 14.5. The number of allylic oxidation sites excluding steroid dienone is 4. The van der Waals surface area contributed by atoms with Crippen molar-refractivity contribution < 1.29 is 0 Å². The van der Waals surface area contributed by atoms with Gasteiger partial charge in [-0.25, -0.2) is 0 Å². The number of para-hydroxylation sites is 4. The van der Waals surface area contributed by atoms with E-state index in [1.165, 1.54) is 43.7 Å². The van der Waals surface area contributed by atoms with Crippen LogP contribution >= 0.6 is 0 Å². The highest BCUT2D eigenvalue weighted by Gasteiger charge is 2.27. The molecule has 2 aliphatic rings. The molecule has 54 heavy (non-hydrogen) atoms. The van der Waals surface area contributed by atoms with Gasteiger partial charge in [0, 0.05) is 46.1 Å². The molecule has 2 heterocycles. The molecular formula is C50H50N4. The Morgan fingerprint density at radius 3 is 2.04 bits per heavy atom. The zero-order valence-electron chi connectivity index (χ0n) is 31.9. The first-order valence-electron chi connectivity index (χ1n) is 19.5. The van der Waals surface area contributed by atoms with E-state index in [9.17, 15) is 0 Å². The van der Waals surface area contributed by atoms with Gasteiger partial charge in [0.15, 0.2) is 0 Å². The summed E-state index contributed by atoms with van der Waals surface area (Å²) in [6.07, 6.45) is 14.3. The second-order valence-corrected chi connectivity index (χ2v) is 13.1. The number of rotatable bonds is 7. The fourth-order valence-corrected chi connectivity index (χ4v) is 7.63. The maximum atomic E-state index is 4.66. The summed E-state index contributed by atoms with van der Waals surface area (Å²) in [6.45, 7) is 13.5. The van der Waals surface area contributed by atoms with Gasteiger partial charge in [-0.05, 0) is 95.8 Å². The third kappa shape index (κ3) is 6.83. The molecule has 0 spiro atoms. The third-order valence-corrected chi connectivity index (χ3v) is 9.94. The number of anilines is 5. The number of benzene rings is 6. The molecule has 4 nitrogen and oxygen atoms in total. The molecule has 270 valence electrons. The molecule has 1 aromatic heterocycles. The van der Waals surface area contributed by atoms with Crippen LogP contribution in [-0.4, -0.2) is 11.1 Å². The summed E-state index contributed by atoms with van der Waals surface area (Å²) in [5, 5.41) is 12.3. The summed E-state index contributed by atoms with van der Waals surface area (Å²) < 4.78 is 2.44. The minimum absolute atomic E-state index is 0.778. The Kier molecular flexibility index (Phi) is 11.1. The van der Waals surface area contributed by atoms with Crippen molar-refractivity contribution in [3.05, 3.63) is 176 Å². The molecule has 1 aliphatic heterocycles. The van der Waals surface area contributed by atoms with Crippen LogP contribution in [0.2, 0.25) is 0 Å². The monoisotopic (exact) mass is 706 g/mol. The molecule has 0 saturated carbocycles. The van der Waals surface area contributed by atoms with Gasteiger partial charge in [-0.1, -0.05) is 131 Å². The fourth-order valence-electron chi connectivity index (χ4n) is 7.63. The summed E-state index contributed by atoms with van der Waals surface area (Å²) in [6, 6.07) is 45.6. The third-order valence-electron chi connectivity index (χ3n) is 9.94. The quantitative estimate of drug-likeness (QED) is 0.173. The smallest absolute Gasteiger partial charge is 0.0795 e. The Hall–Kier alpha value is -6.26. The van der Waals surface area contributed by atoms with Crippen molar-refractivity contribution in [2.75, 3.05) is 22.1 Å². The van der Waals surface area contributed by atoms with Gasteiger partial charge in [-0.2, -0.15) is 0 Å². The molecule has 2 N–H and O–H groups in total. The first kappa shape index (κ1) is 36.1. The van der Waals surface area contributed by atoms with E-state index in [2.05, 4.69) is 185 Å². The lowest BCUT2D eigenvalue weighted by Crippen LogP contribution is -2.12. The summed E-state index contributed by atoms with van der Waals surface area (Å²) in [7, 11) is 0. The molecule has 0 fully saturated rings. The summed E-state index contributed by atoms with van der Waals surface area (Å²) in [5.74, 6) is 0. The van der Waals surface area contributed by atoms with E-state index in [0.717, 1.165) is 65.5 Å². The molecule has 4 heteroatoms. The Morgan fingerprint density at radius 1 is 0.630 bits per heavy atom. The molecule has 7 aromatic rings. The van der Waals surface area contributed by atoms with E-state index < -0.39 is 0 Å². The largest absolute Gasteiger partial charge is 0.379 e. The molecule has 0 amide bonds. The molecule has 6 aromatic carbocycles. The van der Waals surface area contributed by atoms with Crippen LogP contribution in [0.15, 0.2) is 170 Å². The number of nitrogens with one attached hydrogen (secondary N) is 2. The second kappa shape index (κ2) is 16.6. The van der Waals surface area contributed by atoms with Crippen LogP contribution in [0.5, 0.6) is 0 Å². The van der Waals surface area contributed by atoms with Crippen molar-refractivity contribution in [1.29, 1.82) is 0 Å². The van der Waals surface area contributed by atoms with Crippen LogP contribution in [0, 0.1) is 0 Å². The highest BCUT2D eigenvalue weighted by molar-refractivity contribution is 6.28. The lowest BCUT2D eigenvalue weighted by Gasteiger charge is -2.27. The molecule has 0 atom stereocenters. The van der Waals surface area contributed by atoms with E-state index in [1.807, 2.05) is 27.7 Å². The van der Waals surface area contributed by atoms with E-state index in [0.29, 0.717) is 0 Å². The van der Waals surface area contributed by atoms with Crippen molar-refractivity contribution in [3.8, 4) is 5.69 Å². The lowest BCUT2D eigenvalue weighted by molar-refractivity contribution is 1.00. The second-order valence-electron chi connectivity index (χ2n) is 13.1. The van der Waals surface area contributed by atoms with Crippen LogP contribution in [0.25, 0.3) is 43.8 Å². The van der Waals surface area contributed by atoms with Crippen molar-refractivity contribution >= 4 is 66.6 Å². The maximum Gasteiger partial charge on any atom is 0.0795 e. The predicted molar refractivity (Wildman–Crippen MR) is 237 cm³/mol. The van der Waals surface area contributed by atoms with Crippen molar-refractivity contribution in [2.45, 2.75) is 47.0 Å². The van der Waals surface area contributed by atoms with Gasteiger partial charge >= 0.3 is 0 Å². The van der Waals surface area contributed by atoms with E-state index in [4.69, 9.17) is 0 Å². The summed E-state index contributed by atoms with van der Waals surface area (Å²) in [4.78, 5) is 2.37. The van der Waals surface area contributed by atoms with E-state index in [1.54, 1.807) is 0 Å². The Labute approximate surface area is 320 Å². The SMILES string of the molecule is C=C1CC=CN(c2ccc(Nc3ccccc3NCC3=CCCC=C3)cc2)c2c1c1ccccc1c1c3ccccc3n(-c3ccccc3)c21.CC.CC. The van der Waals surface area contributed by atoms with E-state index in [-0.39, 0.29) is 0 Å². The summed E-state index contributed by atoms with van der Waals surface area (Å²) in [5.41, 5.74) is 12.6. The van der Waals surface area contributed by atoms with Crippen LogP contribution in [0.1, 0.15) is 52.5 Å². The minimum Gasteiger partial charge on any atom is -0.379 e. The molecule has 0 unspecified atom stereocenters. The van der Waals surface area contributed by atoms with Crippen LogP contribution in [-0.2, 0) is 0 Å². The number of aromatic nitrogens is 1. The van der Waals surface area contributed by atoms with Crippen molar-refractivity contribution in [2.24, 2.45) is 0 Å². The van der Waals surface area contributed by atoms with Crippen LogP contribution < -0.4 is 15.5 Å². The van der Waals surface area contributed by atoms with Crippen LogP contribution in [0.4, 0.5) is 28.4 Å². The van der Waals surface area contributed by atoms with Gasteiger partial charge in [-0.15, -0.1) is 0 Å². The van der Waals surface area contributed by atoms with Crippen LogP contribution in [0.3, 0.4) is 0 Å². The molecule has 1 aliphatic carbocycles. The highest BCUT2D eigenvalue weighted by atomic mass is 15.1. The standard InChI is InChI=1S/C46H38N4.2C2H6/c1-32-15-14-30-49(35-28-26-34(27-29-35)48-41-24-12-11-23-40(41)47-31-33-16-4-2-5-17-33)45-43(32)37-20-8-9-21-38(37)44-39-22-10-13-25-42(39)50(46(44)45)36-18-6-3-7-19-36;2*1-2/h3-4,6-14,16-30,47-48H,1-2,5,15,31H2;2*1-2H3. The minimum atomic E-state index is 0.778. The average Bonchev–Trinajstić information content (AvgIpc) is 3.49. The lowest BCUT2D eigenvalue weighted by atomic mass is 9.92. The number of hydrogen-bond donors (Lipinski definition) is 2. The maximum absolute atomic E-state index is 4.66. The van der Waals surface area contributed by atoms with E-state index >= 15 is 0 Å². The van der Waals surface area contributed by atoms with Crippen molar-refractivity contribution in [3.63, 3.8) is 0 Å². The Bertz CT molecular complexity index is 2500. The first-order chi connectivity index (χ1) is 26.7. The molecule has 0 saturated heterocycles. The van der Waals surface area contributed by atoms with Gasteiger partial charge < -0.3 is 20.1 Å². The molecule has 0 bridgehead atoms. The summed E-state index contributed by atoms with van der Waals surface area (Å²) >= 11 is 0. The zero-order valence-corrected chi connectivity index (χ0v) is 31.9. The number of fused-ring (bicyclic) bond motifs is 8. The highest BCUT2D eigenvalue weighted by Crippen LogP contribution is 2.50. The molecule has 9 rings (SSSR count). The normalized spacial score (nSPS) is 13.4. The van der Waals surface area contributed by atoms with Gasteiger partial charge in [-0.3, -0.25) is 0 Å². The van der Waals surface area contributed by atoms with Gasteiger partial charge in [0.25, 0.3) is 0 Å². The fraction of sp³-hybridized carbons (Fsp3) is 0.160. The molecule has 0 radical (unpaired) electrons. The Balaban J connectivity index is 0.00000109. The first-order valence-corrected chi connectivity index (χ1v) is 19.5. The number of nitrogens with zero attached hydrogens (tertiary/aromatic N) is 2.